The number of rotatable bonds is 1. The molecule has 1 aromatic carbocycles. The van der Waals surface area contributed by atoms with Gasteiger partial charge in [-0.15, -0.1) is 0 Å². The molecule has 1 N–H and O–H groups in total. The maximum Gasteiger partial charge on any atom is 0.269 e. The smallest absolute Gasteiger partial charge is 0.269 e. The Kier molecular flexibility index (Phi) is 5.52. The Bertz CT molecular complexity index is 454. The van der Waals surface area contributed by atoms with Gasteiger partial charge in [0.1, 0.15) is 0 Å². The van der Waals surface area contributed by atoms with Crippen molar-refractivity contribution in [1.29, 1.82) is 0 Å². The molecule has 0 bridgehead atoms. The molecule has 0 aliphatic rings. The number of nitrogens with zero attached hydrogens (tertiary/aromatic N) is 1. The molecule has 1 amide bonds. The van der Waals surface area contributed by atoms with Crippen LogP contribution in [0.3, 0.4) is 0 Å². The fourth-order valence-corrected chi connectivity index (χ4v) is 1.70. The van der Waals surface area contributed by atoms with Crippen molar-refractivity contribution < 1.29 is 4.79 Å². The first-order valence-electron chi connectivity index (χ1n) is 4.53. The van der Waals surface area contributed by atoms with Gasteiger partial charge in [-0.25, -0.2) is 0 Å². The predicted octanol–water partition coefficient (Wildman–Crippen LogP) is 3.22. The van der Waals surface area contributed by atoms with Crippen LogP contribution in [-0.4, -0.2) is 28.5 Å². The quantitative estimate of drug-likeness (QED) is 0.638. The third kappa shape index (κ3) is 4.03. The summed E-state index contributed by atoms with van der Waals surface area (Å²) in [5.41, 5.74) is 3.05. The number of halogens is 2. The second kappa shape index (κ2) is 6.44. The van der Waals surface area contributed by atoms with E-state index in [-0.39, 0.29) is 5.91 Å². The lowest BCUT2D eigenvalue weighted by Gasteiger charge is -2.19. The largest absolute Gasteiger partial charge is 0.272 e. The zero-order chi connectivity index (χ0) is 13.0. The maximum absolute atomic E-state index is 11.8. The number of carbonyl (C=O) groups excluding carboxylic acids is 1. The number of hydrazine groups is 1. The van der Waals surface area contributed by atoms with Gasteiger partial charge in [-0.1, -0.05) is 47.2 Å². The van der Waals surface area contributed by atoms with E-state index in [0.717, 1.165) is 0 Å². The second-order valence-electron chi connectivity index (χ2n) is 3.10. The van der Waals surface area contributed by atoms with E-state index >= 15 is 0 Å². The lowest BCUT2D eigenvalue weighted by Crippen LogP contribution is -2.41. The van der Waals surface area contributed by atoms with E-state index in [9.17, 15) is 4.79 Å². The molecule has 0 saturated heterocycles. The molecule has 0 aliphatic heterocycles. The first-order valence-corrected chi connectivity index (χ1v) is 6.92. The minimum absolute atomic E-state index is 0.289. The van der Waals surface area contributed by atoms with Crippen molar-refractivity contribution in [2.45, 2.75) is 0 Å². The summed E-state index contributed by atoms with van der Waals surface area (Å²) >= 11 is 18.0. The molecule has 3 nitrogen and oxygen atoms in total. The van der Waals surface area contributed by atoms with Crippen LogP contribution in [0.4, 0.5) is 0 Å². The highest BCUT2D eigenvalue weighted by Crippen LogP contribution is 2.22. The Morgan fingerprint density at radius 1 is 1.41 bits per heavy atom. The molecule has 0 aliphatic carbocycles. The van der Waals surface area contributed by atoms with E-state index in [4.69, 9.17) is 35.4 Å². The third-order valence-corrected chi connectivity index (χ3v) is 4.04. The van der Waals surface area contributed by atoms with Crippen molar-refractivity contribution >= 4 is 57.4 Å². The standard InChI is InChI=1S/C10H10Cl2N2OS2/c1-14(10(16)17-2)13-9(15)6-3-4-7(11)8(12)5-6/h3-5H,1-2H3,(H,13,15). The van der Waals surface area contributed by atoms with Crippen LogP contribution in [0, 0.1) is 0 Å². The zero-order valence-corrected chi connectivity index (χ0v) is 12.3. The van der Waals surface area contributed by atoms with E-state index in [0.29, 0.717) is 19.9 Å². The Hall–Kier alpha value is -0.490. The van der Waals surface area contributed by atoms with Crippen molar-refractivity contribution in [2.24, 2.45) is 0 Å². The predicted molar refractivity (Wildman–Crippen MR) is 77.8 cm³/mol. The molecule has 0 fully saturated rings. The van der Waals surface area contributed by atoms with Crippen molar-refractivity contribution in [3.8, 4) is 0 Å². The molecular weight excluding hydrogens is 299 g/mol. The lowest BCUT2D eigenvalue weighted by molar-refractivity contribution is 0.0890. The van der Waals surface area contributed by atoms with Gasteiger partial charge in [0.2, 0.25) is 0 Å². The van der Waals surface area contributed by atoms with Gasteiger partial charge < -0.3 is 0 Å². The summed E-state index contributed by atoms with van der Waals surface area (Å²) in [5.74, 6) is -0.289. The van der Waals surface area contributed by atoms with Gasteiger partial charge >= 0.3 is 0 Å². The molecule has 0 atom stereocenters. The van der Waals surface area contributed by atoms with Crippen LogP contribution in [0.1, 0.15) is 10.4 Å². The number of carbonyl (C=O) groups is 1. The molecular formula is C10H10Cl2N2OS2. The molecule has 1 rings (SSSR count). The second-order valence-corrected chi connectivity index (χ2v) is 5.35. The molecule has 92 valence electrons. The highest BCUT2D eigenvalue weighted by atomic mass is 35.5. The van der Waals surface area contributed by atoms with Crippen molar-refractivity contribution in [1.82, 2.24) is 10.4 Å². The lowest BCUT2D eigenvalue weighted by atomic mass is 10.2. The van der Waals surface area contributed by atoms with Crippen molar-refractivity contribution in [2.75, 3.05) is 13.3 Å². The summed E-state index contributed by atoms with van der Waals surface area (Å²) in [6.07, 6.45) is 1.84. The topological polar surface area (TPSA) is 32.3 Å². The van der Waals surface area contributed by atoms with Gasteiger partial charge in [0.15, 0.2) is 4.32 Å². The van der Waals surface area contributed by atoms with Gasteiger partial charge in [0, 0.05) is 12.6 Å². The molecule has 1 aromatic rings. The fourth-order valence-electron chi connectivity index (χ4n) is 1.04. The first kappa shape index (κ1) is 14.6. The van der Waals surface area contributed by atoms with Crippen LogP contribution >= 0.6 is 47.2 Å². The number of nitrogens with one attached hydrogen (secondary N) is 1. The number of thioether (sulfide) groups is 1. The molecule has 0 unspecified atom stereocenters. The summed E-state index contributed by atoms with van der Waals surface area (Å²) < 4.78 is 0.568. The molecule has 0 spiro atoms. The van der Waals surface area contributed by atoms with Crippen LogP contribution in [0.15, 0.2) is 18.2 Å². The van der Waals surface area contributed by atoms with Gasteiger partial charge in [-0.2, -0.15) is 0 Å². The minimum Gasteiger partial charge on any atom is -0.272 e. The SMILES string of the molecule is CSC(=S)N(C)NC(=O)c1ccc(Cl)c(Cl)c1. The Morgan fingerprint density at radius 2 is 2.06 bits per heavy atom. The van der Waals surface area contributed by atoms with E-state index in [1.807, 2.05) is 6.26 Å². The monoisotopic (exact) mass is 308 g/mol. The highest BCUT2D eigenvalue weighted by Gasteiger charge is 2.11. The van der Waals surface area contributed by atoms with Crippen LogP contribution in [0.5, 0.6) is 0 Å². The van der Waals surface area contributed by atoms with E-state index < -0.39 is 0 Å². The van der Waals surface area contributed by atoms with E-state index in [1.54, 1.807) is 19.2 Å². The summed E-state index contributed by atoms with van der Waals surface area (Å²) in [4.78, 5) is 11.8. The maximum atomic E-state index is 11.8. The first-order chi connectivity index (χ1) is 7.95. The highest BCUT2D eigenvalue weighted by molar-refractivity contribution is 8.22. The molecule has 0 heterocycles. The van der Waals surface area contributed by atoms with Crippen LogP contribution < -0.4 is 5.43 Å². The summed E-state index contributed by atoms with van der Waals surface area (Å²) in [5, 5.41) is 2.23. The Labute approximate surface area is 119 Å². The normalized spacial score (nSPS) is 9.88. The fraction of sp³-hybridized carbons (Fsp3) is 0.200. The van der Waals surface area contributed by atoms with Gasteiger partial charge in [-0.3, -0.25) is 15.2 Å². The van der Waals surface area contributed by atoms with Gasteiger partial charge in [0.05, 0.1) is 10.0 Å². The average molecular weight is 309 g/mol. The van der Waals surface area contributed by atoms with Crippen molar-refractivity contribution in [3.05, 3.63) is 33.8 Å². The van der Waals surface area contributed by atoms with Gasteiger partial charge in [0.25, 0.3) is 5.91 Å². The number of benzene rings is 1. The minimum atomic E-state index is -0.289. The molecule has 0 saturated carbocycles. The number of thiocarbonyl (C=S) groups is 1. The van der Waals surface area contributed by atoms with Crippen LogP contribution in [-0.2, 0) is 0 Å². The third-order valence-electron chi connectivity index (χ3n) is 1.90. The summed E-state index contributed by atoms with van der Waals surface area (Å²) in [6.45, 7) is 0. The Morgan fingerprint density at radius 3 is 2.59 bits per heavy atom. The number of hydrogen-bond acceptors (Lipinski definition) is 3. The van der Waals surface area contributed by atoms with E-state index in [1.165, 1.54) is 22.8 Å². The molecule has 7 heteroatoms. The van der Waals surface area contributed by atoms with Crippen LogP contribution in [0.2, 0.25) is 10.0 Å². The Balaban J connectivity index is 2.76. The molecule has 0 radical (unpaired) electrons. The van der Waals surface area contributed by atoms with Gasteiger partial charge in [-0.05, 0) is 24.5 Å². The molecule has 0 aromatic heterocycles. The zero-order valence-electron chi connectivity index (χ0n) is 9.16. The van der Waals surface area contributed by atoms with Crippen molar-refractivity contribution in [3.63, 3.8) is 0 Å². The number of amides is 1. The average Bonchev–Trinajstić information content (AvgIpc) is 2.31. The molecule has 17 heavy (non-hydrogen) atoms. The number of hydrogen-bond donors (Lipinski definition) is 1. The van der Waals surface area contributed by atoms with Crippen LogP contribution in [0.25, 0.3) is 0 Å². The van der Waals surface area contributed by atoms with E-state index in [2.05, 4.69) is 5.43 Å². The summed E-state index contributed by atoms with van der Waals surface area (Å²) in [7, 11) is 1.67. The summed E-state index contributed by atoms with van der Waals surface area (Å²) in [6, 6.07) is 4.68.